The fourth-order valence-electron chi connectivity index (χ4n) is 2.04. The number of carbonyl (C=O) groups is 2. The summed E-state index contributed by atoms with van der Waals surface area (Å²) >= 11 is 0. The van der Waals surface area contributed by atoms with Crippen molar-refractivity contribution in [1.82, 2.24) is 15.5 Å². The number of benzene rings is 1. The zero-order valence-electron chi connectivity index (χ0n) is 13.5. The van der Waals surface area contributed by atoms with Crippen molar-refractivity contribution in [3.05, 3.63) is 35.9 Å². The van der Waals surface area contributed by atoms with Crippen molar-refractivity contribution in [3.8, 4) is 0 Å². The maximum atomic E-state index is 11.9. The Balaban J connectivity index is 2.40. The number of rotatable bonds is 8. The minimum Gasteiger partial charge on any atom is -0.383 e. The molecule has 0 heterocycles. The zero-order valence-corrected chi connectivity index (χ0v) is 13.5. The molecule has 3 amide bonds. The van der Waals surface area contributed by atoms with Gasteiger partial charge >= 0.3 is 6.03 Å². The zero-order chi connectivity index (χ0) is 16.4. The van der Waals surface area contributed by atoms with Crippen LogP contribution in [0.15, 0.2) is 30.3 Å². The molecule has 1 aromatic rings. The maximum absolute atomic E-state index is 11.9. The number of amides is 3. The van der Waals surface area contributed by atoms with Gasteiger partial charge in [0.1, 0.15) is 0 Å². The van der Waals surface area contributed by atoms with Crippen molar-refractivity contribution in [2.45, 2.75) is 26.4 Å². The number of imide groups is 1. The molecule has 0 bridgehead atoms. The van der Waals surface area contributed by atoms with Crippen LogP contribution in [-0.2, 0) is 16.1 Å². The summed E-state index contributed by atoms with van der Waals surface area (Å²) in [5.74, 6) is -0.320. The third kappa shape index (κ3) is 7.19. The molecule has 122 valence electrons. The van der Waals surface area contributed by atoms with Crippen molar-refractivity contribution < 1.29 is 14.3 Å². The maximum Gasteiger partial charge on any atom is 0.321 e. The first-order chi connectivity index (χ1) is 10.5. The molecule has 1 atom stereocenters. The number of hydrogen-bond donors (Lipinski definition) is 2. The van der Waals surface area contributed by atoms with E-state index in [-0.39, 0.29) is 18.5 Å². The second-order valence-corrected chi connectivity index (χ2v) is 5.17. The third-order valence-corrected chi connectivity index (χ3v) is 3.11. The first-order valence-corrected chi connectivity index (χ1v) is 7.40. The first kappa shape index (κ1) is 18.1. The van der Waals surface area contributed by atoms with E-state index in [9.17, 15) is 9.59 Å². The number of nitrogens with zero attached hydrogens (tertiary/aromatic N) is 1. The third-order valence-electron chi connectivity index (χ3n) is 3.11. The second-order valence-electron chi connectivity index (χ2n) is 5.17. The van der Waals surface area contributed by atoms with E-state index in [1.807, 2.05) is 42.2 Å². The van der Waals surface area contributed by atoms with Crippen LogP contribution >= 0.6 is 0 Å². The van der Waals surface area contributed by atoms with Crippen LogP contribution < -0.4 is 10.6 Å². The van der Waals surface area contributed by atoms with Gasteiger partial charge in [0.25, 0.3) is 0 Å². The molecule has 2 N–H and O–H groups in total. The topological polar surface area (TPSA) is 70.7 Å². The molecule has 6 nitrogen and oxygen atoms in total. The minimum absolute atomic E-state index is 0.149. The number of ether oxygens (including phenoxy) is 1. The molecular formula is C16H25N3O3. The highest BCUT2D eigenvalue weighted by Gasteiger charge is 2.13. The average molecular weight is 307 g/mol. The van der Waals surface area contributed by atoms with Crippen molar-refractivity contribution in [2.75, 3.05) is 26.8 Å². The summed E-state index contributed by atoms with van der Waals surface area (Å²) in [4.78, 5) is 25.5. The second kappa shape index (κ2) is 9.92. The first-order valence-electron chi connectivity index (χ1n) is 7.40. The van der Waals surface area contributed by atoms with Crippen LogP contribution in [0.3, 0.4) is 0 Å². The number of carbonyl (C=O) groups excluding carboxylic acids is 2. The average Bonchev–Trinajstić information content (AvgIpc) is 2.47. The monoisotopic (exact) mass is 307 g/mol. The standard InChI is InChI=1S/C16H25N3O3/c1-4-19(10-14-8-6-5-7-9-14)11-15(20)18-16(21)17-13(2)12-22-3/h5-9,13H,4,10-12H2,1-3H3,(H2,17,18,20,21). The quantitative estimate of drug-likeness (QED) is 0.761. The molecule has 0 radical (unpaired) electrons. The van der Waals surface area contributed by atoms with Crippen LogP contribution in [0.25, 0.3) is 0 Å². The predicted molar refractivity (Wildman–Crippen MR) is 85.4 cm³/mol. The highest BCUT2D eigenvalue weighted by atomic mass is 16.5. The number of methoxy groups -OCH3 is 1. The van der Waals surface area contributed by atoms with Gasteiger partial charge in [-0.3, -0.25) is 15.0 Å². The molecule has 6 heteroatoms. The van der Waals surface area contributed by atoms with Gasteiger partial charge < -0.3 is 10.1 Å². The molecule has 1 unspecified atom stereocenters. The van der Waals surface area contributed by atoms with Gasteiger partial charge in [-0.2, -0.15) is 0 Å². The van der Waals surface area contributed by atoms with Crippen LogP contribution in [-0.4, -0.2) is 49.7 Å². The molecule has 1 rings (SSSR count). The Morgan fingerprint density at radius 3 is 2.55 bits per heavy atom. The van der Waals surface area contributed by atoms with Gasteiger partial charge in [-0.1, -0.05) is 37.3 Å². The number of nitrogens with one attached hydrogen (secondary N) is 2. The van der Waals surface area contributed by atoms with Gasteiger partial charge in [0, 0.05) is 13.7 Å². The van der Waals surface area contributed by atoms with E-state index in [0.717, 1.165) is 12.1 Å². The normalized spacial score (nSPS) is 12.0. The van der Waals surface area contributed by atoms with E-state index in [2.05, 4.69) is 10.6 Å². The van der Waals surface area contributed by atoms with Crippen LogP contribution in [0.5, 0.6) is 0 Å². The molecule has 0 saturated heterocycles. The Morgan fingerprint density at radius 1 is 1.27 bits per heavy atom. The van der Waals surface area contributed by atoms with E-state index in [1.54, 1.807) is 14.0 Å². The Morgan fingerprint density at radius 2 is 1.95 bits per heavy atom. The summed E-state index contributed by atoms with van der Waals surface area (Å²) in [6, 6.07) is 9.27. The van der Waals surface area contributed by atoms with Crippen molar-refractivity contribution >= 4 is 11.9 Å². The molecular weight excluding hydrogens is 282 g/mol. The Bertz CT molecular complexity index is 465. The lowest BCUT2D eigenvalue weighted by atomic mass is 10.2. The van der Waals surface area contributed by atoms with Gasteiger partial charge in [0.15, 0.2) is 0 Å². The molecule has 0 aliphatic carbocycles. The van der Waals surface area contributed by atoms with E-state index < -0.39 is 6.03 Å². The lowest BCUT2D eigenvalue weighted by Gasteiger charge is -2.20. The molecule has 0 aliphatic rings. The summed E-state index contributed by atoms with van der Waals surface area (Å²) in [6.45, 7) is 5.77. The predicted octanol–water partition coefficient (Wildman–Crippen LogP) is 1.37. The molecule has 0 aromatic heterocycles. The van der Waals surface area contributed by atoms with E-state index in [1.165, 1.54) is 0 Å². The van der Waals surface area contributed by atoms with E-state index in [0.29, 0.717) is 13.2 Å². The van der Waals surface area contributed by atoms with Gasteiger partial charge in [-0.25, -0.2) is 4.79 Å². The lowest BCUT2D eigenvalue weighted by molar-refractivity contribution is -0.121. The number of hydrogen-bond acceptors (Lipinski definition) is 4. The highest BCUT2D eigenvalue weighted by Crippen LogP contribution is 2.03. The Hall–Kier alpha value is -1.92. The lowest BCUT2D eigenvalue weighted by Crippen LogP contribution is -2.47. The summed E-state index contributed by atoms with van der Waals surface area (Å²) in [7, 11) is 1.56. The Kier molecular flexibility index (Phi) is 8.17. The smallest absolute Gasteiger partial charge is 0.321 e. The summed E-state index contributed by atoms with van der Waals surface area (Å²) in [5, 5.41) is 4.97. The summed E-state index contributed by atoms with van der Waals surface area (Å²) in [6.07, 6.45) is 0. The van der Waals surface area contributed by atoms with Gasteiger partial charge in [0.05, 0.1) is 19.2 Å². The largest absolute Gasteiger partial charge is 0.383 e. The van der Waals surface area contributed by atoms with Crippen LogP contribution in [0, 0.1) is 0 Å². The molecule has 0 fully saturated rings. The van der Waals surface area contributed by atoms with Gasteiger partial charge in [0.2, 0.25) is 5.91 Å². The molecule has 0 spiro atoms. The summed E-state index contributed by atoms with van der Waals surface area (Å²) < 4.78 is 4.92. The van der Waals surface area contributed by atoms with E-state index >= 15 is 0 Å². The Labute approximate surface area is 131 Å². The van der Waals surface area contributed by atoms with Crippen molar-refractivity contribution in [3.63, 3.8) is 0 Å². The van der Waals surface area contributed by atoms with Crippen molar-refractivity contribution in [2.24, 2.45) is 0 Å². The van der Waals surface area contributed by atoms with E-state index in [4.69, 9.17) is 4.74 Å². The van der Waals surface area contributed by atoms with Gasteiger partial charge in [-0.15, -0.1) is 0 Å². The molecule has 22 heavy (non-hydrogen) atoms. The van der Waals surface area contributed by atoms with Gasteiger partial charge in [-0.05, 0) is 19.0 Å². The molecule has 0 aliphatic heterocycles. The molecule has 1 aromatic carbocycles. The number of urea groups is 1. The van der Waals surface area contributed by atoms with Crippen molar-refractivity contribution in [1.29, 1.82) is 0 Å². The minimum atomic E-state index is -0.495. The van der Waals surface area contributed by atoms with Crippen LogP contribution in [0.4, 0.5) is 4.79 Å². The van der Waals surface area contributed by atoms with Crippen LogP contribution in [0.1, 0.15) is 19.4 Å². The fraction of sp³-hybridized carbons (Fsp3) is 0.500. The fourth-order valence-corrected chi connectivity index (χ4v) is 2.04. The molecule has 0 saturated carbocycles. The SMILES string of the molecule is CCN(CC(=O)NC(=O)NC(C)COC)Cc1ccccc1. The highest BCUT2D eigenvalue weighted by molar-refractivity contribution is 5.95. The van der Waals surface area contributed by atoms with Crippen LogP contribution in [0.2, 0.25) is 0 Å². The number of likely N-dealkylation sites (N-methyl/N-ethyl adjacent to an activating group) is 1. The summed E-state index contributed by atoms with van der Waals surface area (Å²) in [5.41, 5.74) is 1.13.